The number of nitrogens with zero attached hydrogens (tertiary/aromatic N) is 4. The lowest BCUT2D eigenvalue weighted by Crippen LogP contribution is -2.34. The molecule has 3 rings (SSSR count). The van der Waals surface area contributed by atoms with E-state index >= 15 is 0 Å². The van der Waals surface area contributed by atoms with Crippen molar-refractivity contribution in [3.63, 3.8) is 0 Å². The molecule has 1 fully saturated rings. The molecule has 0 radical (unpaired) electrons. The van der Waals surface area contributed by atoms with Gasteiger partial charge in [-0.05, 0) is 64.3 Å². The second-order valence-corrected chi connectivity index (χ2v) is 6.56. The van der Waals surface area contributed by atoms with Crippen LogP contribution in [0.15, 0.2) is 22.7 Å². The first-order valence-electron chi connectivity index (χ1n) is 6.94. The smallest absolute Gasteiger partial charge is 0.182 e. The molecule has 1 saturated carbocycles. The lowest BCUT2D eigenvalue weighted by Gasteiger charge is -2.34. The summed E-state index contributed by atoms with van der Waals surface area (Å²) in [5.74, 6) is 0.800. The number of rotatable bonds is 2. The van der Waals surface area contributed by atoms with Crippen molar-refractivity contribution in [3.8, 4) is 11.4 Å². The van der Waals surface area contributed by atoms with E-state index in [9.17, 15) is 0 Å². The average molecular weight is 336 g/mol. The van der Waals surface area contributed by atoms with Gasteiger partial charge in [-0.25, -0.2) is 4.68 Å². The third-order valence-electron chi connectivity index (χ3n) is 4.17. The van der Waals surface area contributed by atoms with Gasteiger partial charge >= 0.3 is 0 Å². The summed E-state index contributed by atoms with van der Waals surface area (Å²) in [6, 6.07) is 5.85. The van der Waals surface area contributed by atoms with Crippen LogP contribution in [0.25, 0.3) is 11.4 Å². The Labute approximate surface area is 126 Å². The molecule has 1 heterocycles. The van der Waals surface area contributed by atoms with E-state index in [1.54, 1.807) is 0 Å². The van der Waals surface area contributed by atoms with Crippen molar-refractivity contribution in [1.29, 1.82) is 0 Å². The Morgan fingerprint density at radius 1 is 1.25 bits per heavy atom. The number of hydrogen-bond donors (Lipinski definition) is 1. The van der Waals surface area contributed by atoms with E-state index in [2.05, 4.69) is 38.4 Å². The summed E-state index contributed by atoms with van der Waals surface area (Å²) in [4.78, 5) is 0. The molecule has 0 saturated heterocycles. The van der Waals surface area contributed by atoms with Gasteiger partial charge in [-0.3, -0.25) is 0 Å². The number of halogens is 1. The zero-order chi connectivity index (χ0) is 14.2. The van der Waals surface area contributed by atoms with Gasteiger partial charge in [0.05, 0.1) is 5.54 Å². The molecule has 0 unspecified atom stereocenters. The molecule has 1 aliphatic carbocycles. The molecule has 106 valence electrons. The minimum absolute atomic E-state index is 0.0128. The standard InChI is InChI=1S/C14H18BrN5/c1-14(7-3-2-4-8-14)20-13(17-18-19-20)10-5-6-11(15)12(16)9-10/h5-6,9H,2-4,7-8,16H2,1H3. The van der Waals surface area contributed by atoms with Gasteiger partial charge in [0.1, 0.15) is 0 Å². The number of nitrogens with two attached hydrogens (primary N) is 1. The molecule has 0 aliphatic heterocycles. The minimum atomic E-state index is 0.0128. The highest BCUT2D eigenvalue weighted by Crippen LogP contribution is 2.36. The third-order valence-corrected chi connectivity index (χ3v) is 4.89. The van der Waals surface area contributed by atoms with E-state index in [0.717, 1.165) is 28.7 Å². The van der Waals surface area contributed by atoms with Crippen LogP contribution in [0, 0.1) is 0 Å². The molecule has 20 heavy (non-hydrogen) atoms. The van der Waals surface area contributed by atoms with E-state index in [1.807, 2.05) is 22.9 Å². The Bertz CT molecular complexity index is 616. The van der Waals surface area contributed by atoms with Crippen molar-refractivity contribution in [2.24, 2.45) is 0 Å². The lowest BCUT2D eigenvalue weighted by molar-refractivity contribution is 0.197. The fourth-order valence-electron chi connectivity index (χ4n) is 2.94. The minimum Gasteiger partial charge on any atom is -0.398 e. The number of aromatic nitrogens is 4. The van der Waals surface area contributed by atoms with Crippen molar-refractivity contribution in [1.82, 2.24) is 20.2 Å². The Morgan fingerprint density at radius 3 is 2.70 bits per heavy atom. The number of hydrogen-bond acceptors (Lipinski definition) is 4. The molecule has 1 aliphatic rings. The fourth-order valence-corrected chi connectivity index (χ4v) is 3.19. The Morgan fingerprint density at radius 2 is 2.00 bits per heavy atom. The van der Waals surface area contributed by atoms with Crippen molar-refractivity contribution in [2.45, 2.75) is 44.6 Å². The summed E-state index contributed by atoms with van der Waals surface area (Å²) in [6.07, 6.45) is 6.02. The third kappa shape index (κ3) is 2.32. The monoisotopic (exact) mass is 335 g/mol. The summed E-state index contributed by atoms with van der Waals surface area (Å²) in [5.41, 5.74) is 7.64. The van der Waals surface area contributed by atoms with Gasteiger partial charge in [-0.1, -0.05) is 19.3 Å². The van der Waals surface area contributed by atoms with Crippen molar-refractivity contribution in [2.75, 3.05) is 5.73 Å². The van der Waals surface area contributed by atoms with E-state index in [1.165, 1.54) is 19.3 Å². The van der Waals surface area contributed by atoms with Crippen LogP contribution in [-0.4, -0.2) is 20.2 Å². The van der Waals surface area contributed by atoms with Crippen LogP contribution in [0.4, 0.5) is 5.69 Å². The first-order chi connectivity index (χ1) is 9.60. The summed E-state index contributed by atoms with van der Waals surface area (Å²) in [6.45, 7) is 2.24. The summed E-state index contributed by atoms with van der Waals surface area (Å²) >= 11 is 3.41. The molecule has 1 aromatic heterocycles. The Hall–Kier alpha value is -1.43. The van der Waals surface area contributed by atoms with Crippen molar-refractivity contribution < 1.29 is 0 Å². The Kier molecular flexibility index (Phi) is 3.50. The topological polar surface area (TPSA) is 69.6 Å². The zero-order valence-corrected chi connectivity index (χ0v) is 13.1. The summed E-state index contributed by atoms with van der Waals surface area (Å²) in [5, 5.41) is 12.3. The first kappa shape index (κ1) is 13.5. The van der Waals surface area contributed by atoms with Gasteiger partial charge in [0.2, 0.25) is 0 Å². The van der Waals surface area contributed by atoms with Gasteiger partial charge < -0.3 is 5.73 Å². The van der Waals surface area contributed by atoms with Crippen LogP contribution < -0.4 is 5.73 Å². The highest BCUT2D eigenvalue weighted by atomic mass is 79.9. The first-order valence-corrected chi connectivity index (χ1v) is 7.74. The van der Waals surface area contributed by atoms with Crippen LogP contribution in [0.5, 0.6) is 0 Å². The van der Waals surface area contributed by atoms with Crippen molar-refractivity contribution >= 4 is 21.6 Å². The largest absolute Gasteiger partial charge is 0.398 e. The maximum absolute atomic E-state index is 5.96. The molecule has 1 aromatic carbocycles. The van der Waals surface area contributed by atoms with Crippen molar-refractivity contribution in [3.05, 3.63) is 22.7 Å². The Balaban J connectivity index is 2.03. The molecular formula is C14H18BrN5. The maximum atomic E-state index is 5.96. The van der Waals surface area contributed by atoms with Crippen LogP contribution >= 0.6 is 15.9 Å². The SMILES string of the molecule is CC1(n2nnnc2-c2ccc(Br)c(N)c2)CCCCC1. The van der Waals surface area contributed by atoms with E-state index < -0.39 is 0 Å². The molecule has 0 atom stereocenters. The lowest BCUT2D eigenvalue weighted by atomic mass is 9.83. The van der Waals surface area contributed by atoms with E-state index in [0.29, 0.717) is 5.69 Å². The van der Waals surface area contributed by atoms with Gasteiger partial charge in [-0.2, -0.15) is 0 Å². The van der Waals surface area contributed by atoms with Gasteiger partial charge in [0, 0.05) is 15.7 Å². The molecule has 0 spiro atoms. The zero-order valence-electron chi connectivity index (χ0n) is 11.5. The second kappa shape index (κ2) is 5.16. The van der Waals surface area contributed by atoms with Crippen LogP contribution in [0.2, 0.25) is 0 Å². The predicted molar refractivity (Wildman–Crippen MR) is 82.1 cm³/mol. The second-order valence-electron chi connectivity index (χ2n) is 5.71. The molecule has 5 nitrogen and oxygen atoms in total. The molecular weight excluding hydrogens is 318 g/mol. The number of tetrazole rings is 1. The number of nitrogen functional groups attached to an aromatic ring is 1. The molecule has 2 N–H and O–H groups in total. The highest BCUT2D eigenvalue weighted by molar-refractivity contribution is 9.10. The molecule has 2 aromatic rings. The fraction of sp³-hybridized carbons (Fsp3) is 0.500. The van der Waals surface area contributed by atoms with E-state index in [4.69, 9.17) is 5.73 Å². The van der Waals surface area contributed by atoms with Gasteiger partial charge in [-0.15, -0.1) is 5.10 Å². The average Bonchev–Trinajstić information content (AvgIpc) is 2.93. The predicted octanol–water partition coefficient (Wildman–Crippen LogP) is 3.36. The summed E-state index contributed by atoms with van der Waals surface area (Å²) in [7, 11) is 0. The molecule has 0 amide bonds. The molecule has 0 bridgehead atoms. The highest BCUT2D eigenvalue weighted by Gasteiger charge is 2.32. The normalized spacial score (nSPS) is 18.1. The van der Waals surface area contributed by atoms with E-state index in [-0.39, 0.29) is 5.54 Å². The van der Waals surface area contributed by atoms with Gasteiger partial charge in [0.15, 0.2) is 5.82 Å². The number of benzene rings is 1. The molecule has 6 heteroatoms. The summed E-state index contributed by atoms with van der Waals surface area (Å²) < 4.78 is 2.87. The van der Waals surface area contributed by atoms with Gasteiger partial charge in [0.25, 0.3) is 0 Å². The maximum Gasteiger partial charge on any atom is 0.182 e. The van der Waals surface area contributed by atoms with Crippen LogP contribution in [0.1, 0.15) is 39.0 Å². The van der Waals surface area contributed by atoms with Crippen LogP contribution in [-0.2, 0) is 5.54 Å². The number of anilines is 1. The quantitative estimate of drug-likeness (QED) is 0.854. The van der Waals surface area contributed by atoms with Crippen LogP contribution in [0.3, 0.4) is 0 Å².